The quantitative estimate of drug-likeness (QED) is 0.0832. The minimum absolute atomic E-state index is 0. The van der Waals surface area contributed by atoms with Crippen LogP contribution in [0.15, 0.2) is 121 Å². The van der Waals surface area contributed by atoms with Gasteiger partial charge in [-0.3, -0.25) is 9.78 Å². The minimum atomic E-state index is -0.417. The fourth-order valence-corrected chi connectivity index (χ4v) is 6.68. The van der Waals surface area contributed by atoms with Crippen molar-refractivity contribution in [3.8, 4) is 11.3 Å². The number of para-hydroxylation sites is 1. The smallest absolute Gasteiger partial charge is 0.164 e. The number of ketones is 1. The van der Waals surface area contributed by atoms with Crippen LogP contribution >= 0.6 is 0 Å². The summed E-state index contributed by atoms with van der Waals surface area (Å²) in [6.07, 6.45) is 3.29. The molecule has 0 saturated carbocycles. The molecule has 1 aliphatic rings. The first kappa shape index (κ1) is 36.9. The molecule has 0 fully saturated rings. The van der Waals surface area contributed by atoms with Crippen molar-refractivity contribution in [2.24, 2.45) is 10.8 Å². The number of pyridine rings is 1. The number of aromatic nitrogens is 1. The van der Waals surface area contributed by atoms with Gasteiger partial charge in [0, 0.05) is 60.3 Å². The fraction of sp³-hybridized carbons (Fsp3) is 0.234. The van der Waals surface area contributed by atoms with Crippen molar-refractivity contribution in [3.63, 3.8) is 0 Å². The number of rotatable bonds is 3. The third kappa shape index (κ3) is 6.76. The Morgan fingerprint density at radius 3 is 2.12 bits per heavy atom. The van der Waals surface area contributed by atoms with Crippen LogP contribution < -0.4 is 4.90 Å². The van der Waals surface area contributed by atoms with Crippen molar-refractivity contribution in [2.45, 2.75) is 61.3 Å². The van der Waals surface area contributed by atoms with Gasteiger partial charge in [-0.25, -0.2) is 0 Å². The number of aliphatic hydroxyl groups excluding tert-OH is 1. The number of anilines is 3. The van der Waals surface area contributed by atoms with Gasteiger partial charge in [0.1, 0.15) is 5.76 Å². The Hall–Kier alpha value is -4.83. The van der Waals surface area contributed by atoms with E-state index in [0.29, 0.717) is 5.92 Å². The largest absolute Gasteiger partial charge is 0.512 e. The summed E-state index contributed by atoms with van der Waals surface area (Å²) < 4.78 is 0. The van der Waals surface area contributed by atoms with Crippen LogP contribution in [0.3, 0.4) is 0 Å². The van der Waals surface area contributed by atoms with Gasteiger partial charge in [-0.05, 0) is 73.8 Å². The molecule has 0 amide bonds. The first-order valence-corrected chi connectivity index (χ1v) is 17.8. The minimum Gasteiger partial charge on any atom is -0.512 e. The van der Waals surface area contributed by atoms with Gasteiger partial charge in [0.05, 0.1) is 0 Å². The summed E-state index contributed by atoms with van der Waals surface area (Å²) in [6.45, 7) is 15.6. The Bertz CT molecular complexity index is 2500. The van der Waals surface area contributed by atoms with Crippen LogP contribution in [-0.2, 0) is 24.9 Å². The second-order valence-corrected chi connectivity index (χ2v) is 16.0. The molecule has 265 valence electrons. The number of nitrogens with zero attached hydrogens (tertiary/aromatic N) is 2. The van der Waals surface area contributed by atoms with Crippen LogP contribution in [0.5, 0.6) is 0 Å². The van der Waals surface area contributed by atoms with Crippen LogP contribution in [0.25, 0.3) is 54.3 Å². The summed E-state index contributed by atoms with van der Waals surface area (Å²) in [4.78, 5) is 18.9. The Kier molecular flexibility index (Phi) is 9.91. The van der Waals surface area contributed by atoms with Crippen molar-refractivity contribution >= 4 is 65.9 Å². The number of aliphatic hydroxyl groups is 1. The molecule has 0 saturated heterocycles. The molecule has 0 spiro atoms. The van der Waals surface area contributed by atoms with Crippen molar-refractivity contribution < 1.29 is 30.0 Å². The zero-order chi connectivity index (χ0) is 36.2. The standard InChI is InChI=1S/C36H25N2.C11H20O2.Ir/c1-22(2)24-13-12-23-14-15-28-29-16-17-37-36-32-19-25-8-6-7-9-26(25)20-33(32)38(27-10-4-3-5-11-27)34(35(29)36)21-31(28)30(23)18-24;1-10(2,3)8(12)7-9(13)11(4,5)6;/h3-18,20-22H,1-2H3;7,12H,1-6H3;/q-1;;/b;8-7-;. The van der Waals surface area contributed by atoms with Gasteiger partial charge in [-0.2, -0.15) is 0 Å². The molecule has 1 aromatic heterocycles. The zero-order valence-corrected chi connectivity index (χ0v) is 33.5. The second kappa shape index (κ2) is 14.0. The van der Waals surface area contributed by atoms with Crippen molar-refractivity contribution in [1.29, 1.82) is 0 Å². The van der Waals surface area contributed by atoms with Gasteiger partial charge >= 0.3 is 0 Å². The average molecular weight is 862 g/mol. The molecule has 0 aliphatic carbocycles. The van der Waals surface area contributed by atoms with Crippen molar-refractivity contribution in [3.05, 3.63) is 133 Å². The van der Waals surface area contributed by atoms with E-state index in [2.05, 4.69) is 128 Å². The number of hydrogen-bond acceptors (Lipinski definition) is 4. The maximum absolute atomic E-state index is 11.5. The molecule has 1 radical (unpaired) electrons. The molecule has 52 heavy (non-hydrogen) atoms. The van der Waals surface area contributed by atoms with E-state index in [1.165, 1.54) is 55.0 Å². The molecule has 2 heterocycles. The Morgan fingerprint density at radius 2 is 1.42 bits per heavy atom. The molecular weight excluding hydrogens is 817 g/mol. The van der Waals surface area contributed by atoms with E-state index in [1.807, 2.05) is 47.7 Å². The van der Waals surface area contributed by atoms with Crippen LogP contribution in [0.2, 0.25) is 0 Å². The predicted molar refractivity (Wildman–Crippen MR) is 215 cm³/mol. The van der Waals surface area contributed by atoms with Crippen LogP contribution in [-0.4, -0.2) is 15.9 Å². The number of hydrogen-bond donors (Lipinski definition) is 1. The molecule has 6 aromatic carbocycles. The van der Waals surface area contributed by atoms with E-state index >= 15 is 0 Å². The zero-order valence-electron chi connectivity index (χ0n) is 31.1. The van der Waals surface area contributed by atoms with Crippen molar-refractivity contribution in [2.75, 3.05) is 4.90 Å². The Balaban J connectivity index is 0.000000287. The first-order chi connectivity index (χ1) is 24.2. The number of allylic oxidation sites excluding steroid dienone is 2. The molecule has 8 rings (SSSR count). The predicted octanol–water partition coefficient (Wildman–Crippen LogP) is 13.2. The number of carbonyl (C=O) groups excluding carboxylic acids is 1. The molecule has 7 aromatic rings. The molecule has 0 atom stereocenters. The topological polar surface area (TPSA) is 53.4 Å². The molecule has 0 bridgehead atoms. The van der Waals surface area contributed by atoms with Gasteiger partial charge in [0.25, 0.3) is 0 Å². The number of benzene rings is 6. The number of carbonyl (C=O) groups is 1. The Morgan fingerprint density at radius 1 is 0.731 bits per heavy atom. The van der Waals surface area contributed by atoms with Gasteiger partial charge in [0.2, 0.25) is 0 Å². The summed E-state index contributed by atoms with van der Waals surface area (Å²) in [5.41, 5.74) is 6.07. The van der Waals surface area contributed by atoms with Crippen molar-refractivity contribution in [1.82, 2.24) is 4.98 Å². The van der Waals surface area contributed by atoms with Crippen LogP contribution in [0.4, 0.5) is 17.1 Å². The van der Waals surface area contributed by atoms with E-state index in [9.17, 15) is 9.90 Å². The molecule has 5 heteroatoms. The van der Waals surface area contributed by atoms with E-state index in [1.54, 1.807) is 0 Å². The van der Waals surface area contributed by atoms with Gasteiger partial charge in [-0.1, -0.05) is 139 Å². The van der Waals surface area contributed by atoms with E-state index < -0.39 is 5.41 Å². The van der Waals surface area contributed by atoms with E-state index in [4.69, 9.17) is 4.98 Å². The Labute approximate surface area is 320 Å². The molecule has 1 aliphatic heterocycles. The molecule has 0 unspecified atom stereocenters. The summed E-state index contributed by atoms with van der Waals surface area (Å²) in [6, 6.07) is 41.2. The third-order valence-electron chi connectivity index (χ3n) is 9.81. The normalized spacial score (nSPS) is 12.9. The average Bonchev–Trinajstić information content (AvgIpc) is 3.10. The SMILES string of the molecule is CC(C)(C)C(=O)/C=C(\O)C(C)(C)C.CC(C)c1ccc2ccc3c4ccnc5c4c(cc3c2c1)N(c1ccccc1)c1cc2ccccc2[c-]c1-5.[Ir]. The van der Waals surface area contributed by atoms with Gasteiger partial charge in [-0.15, -0.1) is 17.5 Å². The summed E-state index contributed by atoms with van der Waals surface area (Å²) in [5.74, 6) is 0.577. The second-order valence-electron chi connectivity index (χ2n) is 16.0. The fourth-order valence-electron chi connectivity index (χ4n) is 6.68. The maximum atomic E-state index is 11.5. The number of fused-ring (bicyclic) bond motifs is 7. The molecule has 4 nitrogen and oxygen atoms in total. The van der Waals surface area contributed by atoms with E-state index in [-0.39, 0.29) is 37.1 Å². The van der Waals surface area contributed by atoms with E-state index in [0.717, 1.165) is 28.0 Å². The van der Waals surface area contributed by atoms with Crippen LogP contribution in [0.1, 0.15) is 66.9 Å². The molecular formula is C47H45IrN2O2-. The first-order valence-electron chi connectivity index (χ1n) is 17.8. The maximum Gasteiger partial charge on any atom is 0.164 e. The third-order valence-corrected chi connectivity index (χ3v) is 9.81. The summed E-state index contributed by atoms with van der Waals surface area (Å²) in [5, 5.41) is 19.4. The van der Waals surface area contributed by atoms with Gasteiger partial charge in [0.15, 0.2) is 5.78 Å². The van der Waals surface area contributed by atoms with Gasteiger partial charge < -0.3 is 10.0 Å². The molecule has 1 N–H and O–H groups in total. The summed E-state index contributed by atoms with van der Waals surface area (Å²) in [7, 11) is 0. The summed E-state index contributed by atoms with van der Waals surface area (Å²) >= 11 is 0. The monoisotopic (exact) mass is 862 g/mol. The van der Waals surface area contributed by atoms with Crippen LogP contribution in [0, 0.1) is 16.9 Å².